The van der Waals surface area contributed by atoms with Crippen LogP contribution in [-0.2, 0) is 6.54 Å². The van der Waals surface area contributed by atoms with Crippen LogP contribution in [0, 0.1) is 0 Å². The quantitative estimate of drug-likeness (QED) is 0.833. The summed E-state index contributed by atoms with van der Waals surface area (Å²) < 4.78 is 42.4. The third kappa shape index (κ3) is 6.27. The van der Waals surface area contributed by atoms with E-state index in [0.717, 1.165) is 11.3 Å². The Morgan fingerprint density at radius 2 is 2.21 bits per heavy atom. The van der Waals surface area contributed by atoms with Crippen LogP contribution in [0.5, 0.6) is 5.75 Å². The molecule has 1 saturated heterocycles. The van der Waals surface area contributed by atoms with Gasteiger partial charge in [0.15, 0.2) is 0 Å². The van der Waals surface area contributed by atoms with Crippen LogP contribution in [0.25, 0.3) is 0 Å². The number of rotatable bonds is 6. The molecule has 0 saturated carbocycles. The smallest absolute Gasteiger partial charge is 0.401 e. The van der Waals surface area contributed by atoms with Crippen molar-refractivity contribution in [2.45, 2.75) is 32.1 Å². The Bertz CT molecular complexity index is 552. The highest BCUT2D eigenvalue weighted by Gasteiger charge is 2.34. The second-order valence-electron chi connectivity index (χ2n) is 5.74. The summed E-state index contributed by atoms with van der Waals surface area (Å²) in [6, 6.07) is 6.73. The Kier molecular flexibility index (Phi) is 6.30. The topological polar surface area (TPSA) is 53.6 Å². The minimum Gasteiger partial charge on any atom is -0.494 e. The molecule has 2 rings (SSSR count). The third-order valence-electron chi connectivity index (χ3n) is 3.67. The first-order valence-corrected chi connectivity index (χ1v) is 7.91. The fourth-order valence-electron chi connectivity index (χ4n) is 2.68. The lowest BCUT2D eigenvalue weighted by Gasteiger charge is -2.18. The molecule has 1 atom stereocenters. The van der Waals surface area contributed by atoms with Crippen LogP contribution in [0.2, 0.25) is 0 Å². The van der Waals surface area contributed by atoms with Crippen LogP contribution in [0.4, 0.5) is 18.0 Å². The molecule has 1 aromatic rings. The number of alkyl halides is 3. The molecule has 0 bridgehead atoms. The van der Waals surface area contributed by atoms with Gasteiger partial charge in [0, 0.05) is 25.7 Å². The second kappa shape index (κ2) is 8.23. The molecule has 24 heavy (non-hydrogen) atoms. The van der Waals surface area contributed by atoms with E-state index >= 15 is 0 Å². The number of carbonyl (C=O) groups is 1. The first-order chi connectivity index (χ1) is 11.4. The number of amides is 2. The minimum absolute atomic E-state index is 0.215. The molecule has 1 aromatic carbocycles. The van der Waals surface area contributed by atoms with Gasteiger partial charge in [-0.3, -0.25) is 4.90 Å². The lowest BCUT2D eigenvalue weighted by molar-refractivity contribution is -0.143. The Morgan fingerprint density at radius 3 is 2.92 bits per heavy atom. The number of likely N-dealkylation sites (tertiary alicyclic amines) is 1. The summed E-state index contributed by atoms with van der Waals surface area (Å²) >= 11 is 0. The van der Waals surface area contributed by atoms with Crippen molar-refractivity contribution in [2.75, 3.05) is 26.2 Å². The van der Waals surface area contributed by atoms with Crippen LogP contribution in [0.1, 0.15) is 18.9 Å². The molecule has 0 aromatic heterocycles. The highest BCUT2D eigenvalue weighted by molar-refractivity contribution is 5.74. The van der Waals surface area contributed by atoms with Gasteiger partial charge in [-0.1, -0.05) is 12.1 Å². The number of ether oxygens (including phenoxy) is 1. The highest BCUT2D eigenvalue weighted by Crippen LogP contribution is 2.20. The number of hydrogen-bond acceptors (Lipinski definition) is 3. The van der Waals surface area contributed by atoms with Gasteiger partial charge in [0.1, 0.15) is 5.75 Å². The summed E-state index contributed by atoms with van der Waals surface area (Å²) in [6.45, 7) is 2.39. The van der Waals surface area contributed by atoms with E-state index in [-0.39, 0.29) is 18.6 Å². The molecule has 8 heteroatoms. The maximum atomic E-state index is 12.3. The van der Waals surface area contributed by atoms with Crippen LogP contribution in [0.3, 0.4) is 0 Å². The zero-order chi connectivity index (χ0) is 17.6. The van der Waals surface area contributed by atoms with Crippen molar-refractivity contribution in [1.82, 2.24) is 15.5 Å². The Hall–Kier alpha value is -1.96. The molecule has 0 aliphatic carbocycles. The molecule has 5 nitrogen and oxygen atoms in total. The first-order valence-electron chi connectivity index (χ1n) is 7.91. The summed E-state index contributed by atoms with van der Waals surface area (Å²) in [6.07, 6.45) is -3.69. The molecule has 2 amide bonds. The molecule has 0 radical (unpaired) electrons. The van der Waals surface area contributed by atoms with Gasteiger partial charge in [0.25, 0.3) is 0 Å². The molecule has 1 heterocycles. The molecule has 134 valence electrons. The maximum absolute atomic E-state index is 12.3. The van der Waals surface area contributed by atoms with E-state index in [1.165, 1.54) is 4.90 Å². The molecule has 2 N–H and O–H groups in total. The van der Waals surface area contributed by atoms with Gasteiger partial charge in [0.2, 0.25) is 0 Å². The maximum Gasteiger partial charge on any atom is 0.401 e. The number of benzene rings is 1. The van der Waals surface area contributed by atoms with E-state index in [4.69, 9.17) is 4.74 Å². The summed E-state index contributed by atoms with van der Waals surface area (Å²) in [5, 5.41) is 5.43. The Labute approximate surface area is 139 Å². The number of nitrogens with one attached hydrogen (secondary N) is 2. The normalized spacial score (nSPS) is 18.4. The molecule has 0 unspecified atom stereocenters. The third-order valence-corrected chi connectivity index (χ3v) is 3.67. The van der Waals surface area contributed by atoms with E-state index in [1.54, 1.807) is 0 Å². The van der Waals surface area contributed by atoms with Crippen LogP contribution >= 0.6 is 0 Å². The van der Waals surface area contributed by atoms with Gasteiger partial charge in [-0.2, -0.15) is 13.2 Å². The zero-order valence-electron chi connectivity index (χ0n) is 13.5. The van der Waals surface area contributed by atoms with E-state index in [9.17, 15) is 18.0 Å². The molecule has 0 spiro atoms. The van der Waals surface area contributed by atoms with Crippen molar-refractivity contribution in [3.63, 3.8) is 0 Å². The lowest BCUT2D eigenvalue weighted by atomic mass is 10.2. The zero-order valence-corrected chi connectivity index (χ0v) is 13.5. The highest BCUT2D eigenvalue weighted by atomic mass is 19.4. The SMILES string of the molecule is CCOc1cccc(CNC(=O)N[C@@H]2CCN(CC(F)(F)F)C2)c1. The first kappa shape index (κ1) is 18.4. The Morgan fingerprint density at radius 1 is 1.42 bits per heavy atom. The van der Waals surface area contributed by atoms with Gasteiger partial charge in [0.05, 0.1) is 13.2 Å². The van der Waals surface area contributed by atoms with Crippen molar-refractivity contribution in [3.8, 4) is 5.75 Å². The fourth-order valence-corrected chi connectivity index (χ4v) is 2.68. The average Bonchev–Trinajstić information content (AvgIpc) is 2.91. The second-order valence-corrected chi connectivity index (χ2v) is 5.74. The van der Waals surface area contributed by atoms with Crippen molar-refractivity contribution in [3.05, 3.63) is 29.8 Å². The number of hydrogen-bond donors (Lipinski definition) is 2. The van der Waals surface area contributed by atoms with E-state index in [0.29, 0.717) is 26.1 Å². The summed E-state index contributed by atoms with van der Waals surface area (Å²) in [5.74, 6) is 0.732. The van der Waals surface area contributed by atoms with Gasteiger partial charge in [-0.15, -0.1) is 0 Å². The number of carbonyl (C=O) groups excluding carboxylic acids is 1. The van der Waals surface area contributed by atoms with E-state index in [2.05, 4.69) is 10.6 Å². The van der Waals surface area contributed by atoms with Crippen molar-refractivity contribution >= 4 is 6.03 Å². The number of nitrogens with zero attached hydrogens (tertiary/aromatic N) is 1. The Balaban J connectivity index is 1.73. The van der Waals surface area contributed by atoms with Crippen LogP contribution < -0.4 is 15.4 Å². The van der Waals surface area contributed by atoms with Crippen LogP contribution in [-0.4, -0.2) is 49.4 Å². The van der Waals surface area contributed by atoms with Crippen molar-refractivity contribution < 1.29 is 22.7 Å². The van der Waals surface area contributed by atoms with Crippen LogP contribution in [0.15, 0.2) is 24.3 Å². The molecule has 1 aliphatic rings. The van der Waals surface area contributed by atoms with Crippen molar-refractivity contribution in [1.29, 1.82) is 0 Å². The molecular formula is C16H22F3N3O2. The summed E-state index contributed by atoms with van der Waals surface area (Å²) in [7, 11) is 0. The minimum atomic E-state index is -4.21. The summed E-state index contributed by atoms with van der Waals surface area (Å²) in [4.78, 5) is 13.2. The predicted octanol–water partition coefficient (Wildman–Crippen LogP) is 2.52. The van der Waals surface area contributed by atoms with Gasteiger partial charge < -0.3 is 15.4 Å². The predicted molar refractivity (Wildman–Crippen MR) is 83.9 cm³/mol. The van der Waals surface area contributed by atoms with Gasteiger partial charge in [-0.05, 0) is 31.0 Å². The fraction of sp³-hybridized carbons (Fsp3) is 0.562. The molecular weight excluding hydrogens is 323 g/mol. The van der Waals surface area contributed by atoms with Crippen molar-refractivity contribution in [2.24, 2.45) is 0 Å². The van der Waals surface area contributed by atoms with Gasteiger partial charge >= 0.3 is 12.2 Å². The van der Waals surface area contributed by atoms with Gasteiger partial charge in [-0.25, -0.2) is 4.79 Å². The van der Waals surface area contributed by atoms with E-state index in [1.807, 2.05) is 31.2 Å². The lowest BCUT2D eigenvalue weighted by Crippen LogP contribution is -2.43. The number of halogens is 3. The molecule has 1 aliphatic heterocycles. The largest absolute Gasteiger partial charge is 0.494 e. The standard InChI is InChI=1S/C16H22F3N3O2/c1-2-24-14-5-3-4-12(8-14)9-20-15(23)21-13-6-7-22(10-13)11-16(17,18)19/h3-5,8,13H,2,6-7,9-11H2,1H3,(H2,20,21,23)/t13-/m1/s1. The summed E-state index contributed by atoms with van der Waals surface area (Å²) in [5.41, 5.74) is 0.890. The molecule has 1 fully saturated rings. The van der Waals surface area contributed by atoms with E-state index < -0.39 is 12.7 Å². The monoisotopic (exact) mass is 345 g/mol. The number of urea groups is 1. The average molecular weight is 345 g/mol.